The molecule has 3 aromatic heterocycles. The number of imidazole rings is 1. The first-order valence-corrected chi connectivity index (χ1v) is 12.3. The third-order valence-electron chi connectivity index (χ3n) is 7.34. The quantitative estimate of drug-likeness (QED) is 0.449. The number of amides is 1. The molecule has 178 valence electrons. The number of carbonyl (C=O) groups excluding carboxylic acids is 1. The summed E-state index contributed by atoms with van der Waals surface area (Å²) in [5, 5.41) is 1.33. The Balaban J connectivity index is 1.45. The van der Waals surface area contributed by atoms with Crippen LogP contribution in [0.1, 0.15) is 55.3 Å². The summed E-state index contributed by atoms with van der Waals surface area (Å²) in [5.41, 5.74) is 8.53. The van der Waals surface area contributed by atoms with Gasteiger partial charge in [-0.15, -0.1) is 0 Å². The highest BCUT2D eigenvalue weighted by molar-refractivity contribution is 5.92. The van der Waals surface area contributed by atoms with Crippen LogP contribution in [0.5, 0.6) is 0 Å². The third-order valence-corrected chi connectivity index (χ3v) is 7.34. The standard InChI is InChI=1S/C28H35N5O/c1-18(2)27-23-15-21(20-8-11-32(12-9-20)17-26(34)31(4)5)6-7-24(23)30-28(27)22-14-19(3)33-13-10-29-25(33)16-22/h6-7,10,13-16,18,20,30H,8-9,11-12,17H2,1-5H3. The first-order valence-electron chi connectivity index (χ1n) is 12.3. The molecule has 0 aliphatic carbocycles. The SMILES string of the molecule is Cc1cc(-c2[nH]c3ccc(C4CCN(CC(=O)N(C)C)CC4)cc3c2C(C)C)cc2nccn12. The van der Waals surface area contributed by atoms with E-state index in [1.165, 1.54) is 39.0 Å². The maximum atomic E-state index is 12.1. The van der Waals surface area contributed by atoms with Gasteiger partial charge in [0.05, 0.1) is 12.2 Å². The number of aryl methyl sites for hydroxylation is 1. The normalized spacial score (nSPS) is 15.6. The van der Waals surface area contributed by atoms with Gasteiger partial charge in [-0.25, -0.2) is 4.98 Å². The van der Waals surface area contributed by atoms with E-state index >= 15 is 0 Å². The van der Waals surface area contributed by atoms with E-state index in [2.05, 4.69) is 70.4 Å². The van der Waals surface area contributed by atoms with E-state index in [0.717, 1.165) is 31.6 Å². The number of rotatable bonds is 5. The highest BCUT2D eigenvalue weighted by Crippen LogP contribution is 2.38. The minimum atomic E-state index is 0.185. The topological polar surface area (TPSA) is 56.6 Å². The molecule has 4 heterocycles. The lowest BCUT2D eigenvalue weighted by Crippen LogP contribution is -2.40. The average molecular weight is 458 g/mol. The number of aromatic amines is 1. The summed E-state index contributed by atoms with van der Waals surface area (Å²) in [6.45, 7) is 9.16. The fraction of sp³-hybridized carbons (Fsp3) is 0.429. The molecule has 1 saturated heterocycles. The van der Waals surface area contributed by atoms with Crippen LogP contribution in [0.25, 0.3) is 27.8 Å². The molecule has 4 aromatic rings. The van der Waals surface area contributed by atoms with Gasteiger partial charge in [0.2, 0.25) is 5.91 Å². The largest absolute Gasteiger partial charge is 0.354 e. The van der Waals surface area contributed by atoms with Gasteiger partial charge in [-0.2, -0.15) is 0 Å². The molecule has 0 bridgehead atoms. The van der Waals surface area contributed by atoms with Crippen molar-refractivity contribution in [3.05, 3.63) is 59.5 Å². The number of aromatic nitrogens is 3. The average Bonchev–Trinajstić information content (AvgIpc) is 3.44. The van der Waals surface area contributed by atoms with Gasteiger partial charge in [-0.05, 0) is 80.1 Å². The molecule has 34 heavy (non-hydrogen) atoms. The van der Waals surface area contributed by atoms with Crippen molar-refractivity contribution in [2.45, 2.75) is 45.4 Å². The minimum absolute atomic E-state index is 0.185. The summed E-state index contributed by atoms with van der Waals surface area (Å²) in [4.78, 5) is 24.3. The molecule has 1 N–H and O–H groups in total. The van der Waals surface area contributed by atoms with Crippen LogP contribution in [0.15, 0.2) is 42.7 Å². The van der Waals surface area contributed by atoms with E-state index in [9.17, 15) is 4.79 Å². The maximum absolute atomic E-state index is 12.1. The number of hydrogen-bond acceptors (Lipinski definition) is 3. The van der Waals surface area contributed by atoms with Crippen molar-refractivity contribution in [1.82, 2.24) is 24.2 Å². The lowest BCUT2D eigenvalue weighted by Gasteiger charge is -2.32. The van der Waals surface area contributed by atoms with Crippen molar-refractivity contribution in [1.29, 1.82) is 0 Å². The second-order valence-corrected chi connectivity index (χ2v) is 10.3. The Kier molecular flexibility index (Phi) is 5.94. The number of benzene rings is 1. The number of H-pyrrole nitrogens is 1. The smallest absolute Gasteiger partial charge is 0.236 e. The molecule has 0 radical (unpaired) electrons. The molecule has 6 heteroatoms. The van der Waals surface area contributed by atoms with E-state index in [4.69, 9.17) is 0 Å². The van der Waals surface area contributed by atoms with Crippen molar-refractivity contribution in [3.63, 3.8) is 0 Å². The zero-order valence-corrected chi connectivity index (χ0v) is 20.9. The number of fused-ring (bicyclic) bond motifs is 2. The van der Waals surface area contributed by atoms with Crippen LogP contribution in [-0.2, 0) is 4.79 Å². The lowest BCUT2D eigenvalue weighted by molar-refractivity contribution is -0.130. The fourth-order valence-corrected chi connectivity index (χ4v) is 5.41. The predicted octanol–water partition coefficient (Wildman–Crippen LogP) is 5.18. The van der Waals surface area contributed by atoms with Crippen LogP contribution in [0.3, 0.4) is 0 Å². The predicted molar refractivity (Wildman–Crippen MR) is 138 cm³/mol. The fourth-order valence-electron chi connectivity index (χ4n) is 5.41. The van der Waals surface area contributed by atoms with E-state index in [-0.39, 0.29) is 5.91 Å². The second kappa shape index (κ2) is 8.91. The van der Waals surface area contributed by atoms with Crippen LogP contribution in [0.4, 0.5) is 0 Å². The second-order valence-electron chi connectivity index (χ2n) is 10.3. The number of likely N-dealkylation sites (tertiary alicyclic amines) is 1. The van der Waals surface area contributed by atoms with Crippen LogP contribution in [0.2, 0.25) is 0 Å². The van der Waals surface area contributed by atoms with Gasteiger partial charge in [-0.1, -0.05) is 19.9 Å². The van der Waals surface area contributed by atoms with Gasteiger partial charge in [0.15, 0.2) is 0 Å². The third kappa shape index (κ3) is 4.11. The summed E-state index contributed by atoms with van der Waals surface area (Å²) < 4.78 is 2.12. The Morgan fingerprint density at radius 2 is 1.94 bits per heavy atom. The van der Waals surface area contributed by atoms with E-state index < -0.39 is 0 Å². The number of piperidine rings is 1. The van der Waals surface area contributed by atoms with E-state index in [1.807, 2.05) is 26.5 Å². The van der Waals surface area contributed by atoms with Gasteiger partial charge in [0.25, 0.3) is 0 Å². The summed E-state index contributed by atoms with van der Waals surface area (Å²) in [7, 11) is 3.66. The minimum Gasteiger partial charge on any atom is -0.354 e. The number of nitrogens with one attached hydrogen (secondary N) is 1. The lowest BCUT2D eigenvalue weighted by atomic mass is 9.87. The zero-order chi connectivity index (χ0) is 24.0. The Labute approximate surface area is 201 Å². The first kappa shape index (κ1) is 22.7. The Bertz CT molecular complexity index is 1340. The van der Waals surface area contributed by atoms with E-state index in [1.54, 1.807) is 4.90 Å². The molecule has 1 aliphatic rings. The summed E-state index contributed by atoms with van der Waals surface area (Å²) in [6.07, 6.45) is 6.05. The van der Waals surface area contributed by atoms with Gasteiger partial charge in [0.1, 0.15) is 5.65 Å². The van der Waals surface area contributed by atoms with Crippen molar-refractivity contribution < 1.29 is 4.79 Å². The van der Waals surface area contributed by atoms with Crippen LogP contribution in [0, 0.1) is 6.92 Å². The number of pyridine rings is 1. The highest BCUT2D eigenvalue weighted by Gasteiger charge is 2.24. The first-order chi connectivity index (χ1) is 16.3. The molecule has 1 amide bonds. The van der Waals surface area contributed by atoms with E-state index in [0.29, 0.717) is 18.4 Å². The Morgan fingerprint density at radius 1 is 1.18 bits per heavy atom. The zero-order valence-electron chi connectivity index (χ0n) is 20.9. The molecule has 5 rings (SSSR count). The summed E-state index contributed by atoms with van der Waals surface area (Å²) in [6, 6.07) is 11.4. The Hall–Kier alpha value is -3.12. The maximum Gasteiger partial charge on any atom is 0.236 e. The Morgan fingerprint density at radius 3 is 2.65 bits per heavy atom. The number of likely N-dealkylation sites (N-methyl/N-ethyl adjacent to an activating group) is 1. The van der Waals surface area contributed by atoms with Gasteiger partial charge >= 0.3 is 0 Å². The van der Waals surface area contributed by atoms with Gasteiger partial charge in [-0.3, -0.25) is 9.69 Å². The van der Waals surface area contributed by atoms with Crippen LogP contribution < -0.4 is 0 Å². The number of carbonyl (C=O) groups is 1. The molecule has 0 atom stereocenters. The molecule has 0 saturated carbocycles. The summed E-state index contributed by atoms with van der Waals surface area (Å²) in [5.74, 6) is 1.12. The van der Waals surface area contributed by atoms with Gasteiger partial charge in [0, 0.05) is 48.6 Å². The molecule has 6 nitrogen and oxygen atoms in total. The van der Waals surface area contributed by atoms with Crippen molar-refractivity contribution >= 4 is 22.5 Å². The van der Waals surface area contributed by atoms with Crippen LogP contribution in [-0.4, -0.2) is 63.8 Å². The van der Waals surface area contributed by atoms with Crippen LogP contribution >= 0.6 is 0 Å². The van der Waals surface area contributed by atoms with Crippen molar-refractivity contribution in [2.24, 2.45) is 0 Å². The highest BCUT2D eigenvalue weighted by atomic mass is 16.2. The van der Waals surface area contributed by atoms with Crippen molar-refractivity contribution in [2.75, 3.05) is 33.7 Å². The molecule has 1 fully saturated rings. The van der Waals surface area contributed by atoms with Crippen molar-refractivity contribution in [3.8, 4) is 11.3 Å². The summed E-state index contributed by atoms with van der Waals surface area (Å²) >= 11 is 0. The molecule has 0 unspecified atom stereocenters. The molecule has 1 aromatic carbocycles. The molecular weight excluding hydrogens is 422 g/mol. The van der Waals surface area contributed by atoms with Gasteiger partial charge < -0.3 is 14.3 Å². The molecule has 1 aliphatic heterocycles. The number of hydrogen-bond donors (Lipinski definition) is 1. The monoisotopic (exact) mass is 457 g/mol. The number of nitrogens with zero attached hydrogens (tertiary/aromatic N) is 4. The molecular formula is C28H35N5O. The molecule has 0 spiro atoms.